The molecule has 1 amide bonds. The van der Waals surface area contributed by atoms with Crippen LogP contribution in [0.4, 0.5) is 4.79 Å². The molecule has 0 saturated heterocycles. The van der Waals surface area contributed by atoms with Crippen molar-refractivity contribution >= 4 is 29.6 Å². The van der Waals surface area contributed by atoms with Crippen LogP contribution in [0, 0.1) is 0 Å². The highest BCUT2D eigenvalue weighted by Crippen LogP contribution is 2.27. The van der Waals surface area contributed by atoms with Crippen LogP contribution < -0.4 is 5.73 Å². The second kappa shape index (κ2) is 9.05. The van der Waals surface area contributed by atoms with E-state index in [0.29, 0.717) is 0 Å². The molecule has 2 N–H and O–H groups in total. The summed E-state index contributed by atoms with van der Waals surface area (Å²) in [6.07, 6.45) is 16.6. The first kappa shape index (κ1) is 16.3. The molecular formula is C16H21NO2S2. The Morgan fingerprint density at radius 1 is 1.05 bits per heavy atom. The summed E-state index contributed by atoms with van der Waals surface area (Å²) in [5.41, 5.74) is 5.17. The van der Waals surface area contributed by atoms with Gasteiger partial charge in [0.25, 0.3) is 0 Å². The minimum absolute atomic E-state index is 0.162. The third-order valence-electron chi connectivity index (χ3n) is 3.08. The van der Waals surface area contributed by atoms with E-state index in [1.54, 1.807) is 23.5 Å². The number of hydrogen-bond donors (Lipinski definition) is 1. The van der Waals surface area contributed by atoms with Gasteiger partial charge in [0.2, 0.25) is 0 Å². The summed E-state index contributed by atoms with van der Waals surface area (Å²) in [7, 11) is 0. The molecule has 114 valence electrons. The number of carbonyl (C=O) groups is 1. The Balaban J connectivity index is 1.80. The highest BCUT2D eigenvalue weighted by atomic mass is 32.2. The van der Waals surface area contributed by atoms with Crippen molar-refractivity contribution < 1.29 is 9.53 Å². The van der Waals surface area contributed by atoms with Crippen LogP contribution in [0.3, 0.4) is 0 Å². The molecule has 0 aliphatic heterocycles. The maximum absolute atomic E-state index is 11.0. The fourth-order valence-corrected chi connectivity index (χ4v) is 4.19. The summed E-state index contributed by atoms with van der Waals surface area (Å²) in [5, 5.41) is 0. The molecule has 21 heavy (non-hydrogen) atoms. The van der Waals surface area contributed by atoms with Crippen LogP contribution in [0.2, 0.25) is 0 Å². The lowest BCUT2D eigenvalue weighted by Crippen LogP contribution is -2.26. The minimum Gasteiger partial charge on any atom is -0.445 e. The number of nitrogens with two attached hydrogens (primary N) is 1. The van der Waals surface area contributed by atoms with Gasteiger partial charge in [-0.3, -0.25) is 0 Å². The van der Waals surface area contributed by atoms with Crippen LogP contribution in [0.15, 0.2) is 46.3 Å². The molecule has 2 rings (SSSR count). The molecular weight excluding hydrogens is 302 g/mol. The molecule has 0 aromatic rings. The van der Waals surface area contributed by atoms with E-state index in [0.717, 1.165) is 37.2 Å². The van der Waals surface area contributed by atoms with Gasteiger partial charge in [0.1, 0.15) is 6.10 Å². The summed E-state index contributed by atoms with van der Waals surface area (Å²) in [5.74, 6) is 1.48. The monoisotopic (exact) mass is 323 g/mol. The summed E-state index contributed by atoms with van der Waals surface area (Å²) in [6.45, 7) is 0. The second-order valence-corrected chi connectivity index (χ2v) is 7.04. The molecule has 5 heteroatoms. The zero-order valence-electron chi connectivity index (χ0n) is 12.0. The SMILES string of the molecule is NC(=O)OC(CSC1=CCCC=C1)CSC1=CCCC=C1. The summed E-state index contributed by atoms with van der Waals surface area (Å²) >= 11 is 3.45. The van der Waals surface area contributed by atoms with Gasteiger partial charge in [-0.25, -0.2) is 4.79 Å². The van der Waals surface area contributed by atoms with Crippen molar-refractivity contribution in [1.82, 2.24) is 0 Å². The molecule has 0 fully saturated rings. The standard InChI is InChI=1S/C16H21NO2S2/c17-16(18)19-13(11-20-14-7-3-1-4-8-14)12-21-15-9-5-2-6-10-15/h3,5,7-10,13H,1-2,4,6,11-12H2,(H2,17,18). The highest BCUT2D eigenvalue weighted by Gasteiger charge is 2.15. The van der Waals surface area contributed by atoms with Crippen molar-refractivity contribution in [2.24, 2.45) is 5.73 Å². The zero-order valence-corrected chi connectivity index (χ0v) is 13.6. The third-order valence-corrected chi connectivity index (χ3v) is 5.43. The van der Waals surface area contributed by atoms with E-state index >= 15 is 0 Å². The Labute approximate surface area is 134 Å². The molecule has 0 radical (unpaired) electrons. The third kappa shape index (κ3) is 6.48. The molecule has 0 bridgehead atoms. The van der Waals surface area contributed by atoms with E-state index in [1.807, 2.05) is 0 Å². The van der Waals surface area contributed by atoms with Crippen LogP contribution >= 0.6 is 23.5 Å². The van der Waals surface area contributed by atoms with Crippen LogP contribution in [-0.4, -0.2) is 23.7 Å². The average molecular weight is 323 g/mol. The first-order valence-corrected chi connectivity index (χ1v) is 9.16. The number of rotatable bonds is 7. The topological polar surface area (TPSA) is 52.3 Å². The van der Waals surface area contributed by atoms with Gasteiger partial charge < -0.3 is 10.5 Å². The van der Waals surface area contributed by atoms with Crippen molar-refractivity contribution in [2.75, 3.05) is 11.5 Å². The zero-order chi connectivity index (χ0) is 14.9. The lowest BCUT2D eigenvalue weighted by Gasteiger charge is -2.17. The Morgan fingerprint density at radius 3 is 1.95 bits per heavy atom. The van der Waals surface area contributed by atoms with Gasteiger partial charge in [0.15, 0.2) is 0 Å². The van der Waals surface area contributed by atoms with E-state index < -0.39 is 6.09 Å². The number of thioether (sulfide) groups is 2. The molecule has 0 unspecified atom stereocenters. The molecule has 3 nitrogen and oxygen atoms in total. The highest BCUT2D eigenvalue weighted by molar-refractivity contribution is 8.04. The Morgan fingerprint density at radius 2 is 1.57 bits per heavy atom. The Kier molecular flexibility index (Phi) is 7.03. The predicted octanol–water partition coefficient (Wildman–Crippen LogP) is 4.38. The van der Waals surface area contributed by atoms with E-state index in [4.69, 9.17) is 10.5 Å². The first-order chi connectivity index (χ1) is 10.2. The average Bonchev–Trinajstić information content (AvgIpc) is 2.51. The van der Waals surface area contributed by atoms with Crippen LogP contribution in [0.5, 0.6) is 0 Å². The second-order valence-electron chi connectivity index (χ2n) is 4.85. The van der Waals surface area contributed by atoms with Crippen molar-refractivity contribution in [2.45, 2.75) is 31.8 Å². The summed E-state index contributed by atoms with van der Waals surface area (Å²) in [4.78, 5) is 13.5. The summed E-state index contributed by atoms with van der Waals surface area (Å²) in [6, 6.07) is 0. The number of carbonyl (C=O) groups excluding carboxylic acids is 1. The van der Waals surface area contributed by atoms with Crippen LogP contribution in [0.25, 0.3) is 0 Å². The lowest BCUT2D eigenvalue weighted by molar-refractivity contribution is 0.129. The van der Waals surface area contributed by atoms with Crippen LogP contribution in [-0.2, 0) is 4.74 Å². The first-order valence-electron chi connectivity index (χ1n) is 7.19. The van der Waals surface area contributed by atoms with E-state index in [-0.39, 0.29) is 6.10 Å². The lowest BCUT2D eigenvalue weighted by atomic mass is 10.2. The van der Waals surface area contributed by atoms with Crippen molar-refractivity contribution in [1.29, 1.82) is 0 Å². The van der Waals surface area contributed by atoms with E-state index in [2.05, 4.69) is 36.5 Å². The molecule has 0 spiro atoms. The molecule has 0 aromatic carbocycles. The van der Waals surface area contributed by atoms with Crippen molar-refractivity contribution in [3.63, 3.8) is 0 Å². The van der Waals surface area contributed by atoms with Crippen LogP contribution in [0.1, 0.15) is 25.7 Å². The molecule has 0 atom stereocenters. The van der Waals surface area contributed by atoms with Crippen molar-refractivity contribution in [3.05, 3.63) is 46.3 Å². The number of hydrogen-bond acceptors (Lipinski definition) is 4. The van der Waals surface area contributed by atoms with Gasteiger partial charge in [0.05, 0.1) is 0 Å². The maximum atomic E-state index is 11.0. The number of ether oxygens (including phenoxy) is 1. The number of amides is 1. The predicted molar refractivity (Wildman–Crippen MR) is 92.3 cm³/mol. The van der Waals surface area contributed by atoms with Gasteiger partial charge >= 0.3 is 6.09 Å². The molecule has 0 heterocycles. The van der Waals surface area contributed by atoms with Gasteiger partial charge in [-0.1, -0.05) is 36.5 Å². The van der Waals surface area contributed by atoms with E-state index in [1.165, 1.54) is 9.81 Å². The Hall–Kier alpha value is -1.07. The molecule has 0 aromatic heterocycles. The van der Waals surface area contributed by atoms with Crippen molar-refractivity contribution in [3.8, 4) is 0 Å². The molecule has 0 saturated carbocycles. The van der Waals surface area contributed by atoms with Gasteiger partial charge in [-0.2, -0.15) is 0 Å². The quantitative estimate of drug-likeness (QED) is 0.755. The van der Waals surface area contributed by atoms with Gasteiger partial charge in [-0.15, -0.1) is 23.5 Å². The number of primary amides is 1. The van der Waals surface area contributed by atoms with E-state index in [9.17, 15) is 4.79 Å². The smallest absolute Gasteiger partial charge is 0.404 e. The molecule has 2 aliphatic carbocycles. The summed E-state index contributed by atoms with van der Waals surface area (Å²) < 4.78 is 5.23. The van der Waals surface area contributed by atoms with Gasteiger partial charge in [0, 0.05) is 21.3 Å². The number of allylic oxidation sites excluding steroid dienone is 6. The van der Waals surface area contributed by atoms with Gasteiger partial charge in [-0.05, 0) is 25.7 Å². The normalized spacial score (nSPS) is 17.6. The fourth-order valence-electron chi connectivity index (χ4n) is 2.05. The maximum Gasteiger partial charge on any atom is 0.404 e. The Bertz CT molecular complexity index is 445. The largest absolute Gasteiger partial charge is 0.445 e. The molecule has 2 aliphatic rings. The minimum atomic E-state index is -0.692. The fraction of sp³-hybridized carbons (Fsp3) is 0.438.